The van der Waals surface area contributed by atoms with E-state index in [1.165, 1.54) is 51.2 Å². The van der Waals surface area contributed by atoms with Crippen molar-refractivity contribution in [2.45, 2.75) is 117 Å². The van der Waals surface area contributed by atoms with Gasteiger partial charge in [0.05, 0.1) is 5.92 Å². The number of amides is 8. The smallest absolute Gasteiger partial charge is 0.486 e. The molecule has 8 amide bonds. The molecular formula is C49H71K2N6O12P2S2-3. The summed E-state index contributed by atoms with van der Waals surface area (Å²) in [6, 6.07) is 0. The largest absolute Gasteiger partial charge is 1.00 e. The van der Waals surface area contributed by atoms with E-state index < -0.39 is 17.8 Å². The number of nitrogens with zero attached hydrogens (tertiary/aromatic N) is 4. The fraction of sp³-hybridized carbons (Fsp3) is 0.551. The molecule has 4 N–H and O–H groups in total. The van der Waals surface area contributed by atoms with E-state index in [2.05, 4.69) is 63.0 Å². The maximum absolute atomic E-state index is 12.1. The fourth-order valence-corrected chi connectivity index (χ4v) is 8.75. The maximum atomic E-state index is 12.1. The van der Waals surface area contributed by atoms with Crippen molar-refractivity contribution in [1.29, 1.82) is 0 Å². The quantitative estimate of drug-likeness (QED) is 0.107. The first-order valence-electron chi connectivity index (χ1n) is 23.4. The third-order valence-corrected chi connectivity index (χ3v) is 15.2. The molecule has 4 heterocycles. The topological polar surface area (TPSA) is 262 Å². The Kier molecular flexibility index (Phi) is 44.6. The van der Waals surface area contributed by atoms with Gasteiger partial charge in [-0.25, -0.2) is 4.79 Å². The summed E-state index contributed by atoms with van der Waals surface area (Å²) in [4.78, 5) is 136. The van der Waals surface area contributed by atoms with Crippen molar-refractivity contribution < 1.29 is 160 Å². The number of Topliss-reactive ketones (excluding diaryl/α,β-unsaturated/α-hetero) is 2. The summed E-state index contributed by atoms with van der Waals surface area (Å²) in [6.45, 7) is 12.6. The average molecular weight is 1140 g/mol. The molecule has 4 aliphatic heterocycles. The Hall–Kier alpha value is -1.18. The van der Waals surface area contributed by atoms with Gasteiger partial charge in [-0.2, -0.15) is 0 Å². The molecule has 4 fully saturated rings. The monoisotopic (exact) mass is 1140 g/mol. The Morgan fingerprint density at radius 1 is 0.507 bits per heavy atom. The molecule has 73 heavy (non-hydrogen) atoms. The fourth-order valence-electron chi connectivity index (χ4n) is 8.75. The minimum atomic E-state index is -0.563. The first-order valence-corrected chi connectivity index (χ1v) is 27.9. The van der Waals surface area contributed by atoms with Gasteiger partial charge in [0.25, 0.3) is 47.3 Å². The van der Waals surface area contributed by atoms with Gasteiger partial charge in [0.2, 0.25) is 0 Å². The number of rotatable bonds is 13. The van der Waals surface area contributed by atoms with Gasteiger partial charge in [-0.15, -0.1) is 17.9 Å². The molecule has 3 aliphatic carbocycles. The SMILES string of the molecule is CC.O=C(ON1C(=O)CCC1=O)C1CCC(CN2C(=O)C=CC2=O)CC1.S=PP=S.[CH2-]CC(=O)C1CCC(CN2C(=O)C=CC2=O)CC1.[CH2-]CC(=O)C1CCC(CN2C(=O)C=CC2=O)CC1.[CH2-]N.[CH2-]N.[CH3-].[K+].[K+]. The number of hydrogen-bond donors (Lipinski definition) is 2. The van der Waals surface area contributed by atoms with E-state index in [0.717, 1.165) is 65.5 Å². The summed E-state index contributed by atoms with van der Waals surface area (Å²) in [5, 5.41) is 0.571. The second kappa shape index (κ2) is 42.8. The minimum Gasteiger partial charge on any atom is -0.486 e. The van der Waals surface area contributed by atoms with Gasteiger partial charge >= 0.3 is 109 Å². The van der Waals surface area contributed by atoms with Gasteiger partial charge in [-0.3, -0.25) is 67.2 Å². The summed E-state index contributed by atoms with van der Waals surface area (Å²) in [5.74, 6) is -1.76. The van der Waals surface area contributed by atoms with Crippen LogP contribution in [0.1, 0.15) is 117 Å². The molecule has 0 aromatic carbocycles. The molecule has 1 saturated heterocycles. The standard InChI is InChI=1S/C16H18N2O6.2C14H18NO3.C2H6.2CH4N.CH3.2K.P2S2/c19-12-5-6-13(20)17(12)9-10-1-3-11(4-2-10)16(23)24-18-14(21)7-8-15(18)22;2*1-2-12(16)11-5-3-10(4-6-11)9-15-13(17)7-8-14(15)18;3*1-2;;;;3-1-2-4/h5-6,10-11H,1-4,7-9H2;2*7-8,10-11H,1-6,9H2;1-2H3;2*1-2H2;1H3;;;/q;2*-1;;3*-1;2*+1;. The van der Waals surface area contributed by atoms with E-state index in [-0.39, 0.29) is 194 Å². The van der Waals surface area contributed by atoms with Crippen LogP contribution in [0.15, 0.2) is 36.5 Å². The number of carbonyl (C=O) groups excluding carboxylic acids is 11. The molecule has 0 radical (unpaired) electrons. The molecular weight excluding hydrogens is 1070 g/mol. The van der Waals surface area contributed by atoms with Crippen molar-refractivity contribution in [3.8, 4) is 0 Å². The van der Waals surface area contributed by atoms with Crippen LogP contribution in [0.25, 0.3) is 0 Å². The summed E-state index contributed by atoms with van der Waals surface area (Å²) in [7, 11) is 7.24. The van der Waals surface area contributed by atoms with Crippen LogP contribution in [0.3, 0.4) is 0 Å². The van der Waals surface area contributed by atoms with E-state index in [0.29, 0.717) is 75.1 Å². The molecule has 7 rings (SSSR count). The Bertz CT molecular complexity index is 1820. The molecule has 0 aromatic heterocycles. The minimum absolute atomic E-state index is 0. The second-order valence-corrected chi connectivity index (χ2v) is 20.8. The van der Waals surface area contributed by atoms with Crippen LogP contribution < -0.4 is 114 Å². The van der Waals surface area contributed by atoms with Crippen LogP contribution in [0.2, 0.25) is 0 Å². The zero-order valence-electron chi connectivity index (χ0n) is 43.2. The van der Waals surface area contributed by atoms with Gasteiger partial charge in [0.15, 0.2) is 0 Å². The average Bonchev–Trinajstić information content (AvgIpc) is 4.11. The van der Waals surface area contributed by atoms with Gasteiger partial charge in [-0.05, 0) is 118 Å². The van der Waals surface area contributed by atoms with Crippen LogP contribution >= 0.6 is 14.1 Å². The molecule has 0 atom stereocenters. The number of ketones is 2. The Morgan fingerprint density at radius 3 is 0.959 bits per heavy atom. The second-order valence-electron chi connectivity index (χ2n) is 16.6. The van der Waals surface area contributed by atoms with Crippen molar-refractivity contribution >= 4 is 102 Å². The molecule has 24 heteroatoms. The molecule has 0 bridgehead atoms. The van der Waals surface area contributed by atoms with Crippen molar-refractivity contribution in [3.63, 3.8) is 0 Å². The van der Waals surface area contributed by atoms with Crippen LogP contribution in [0.4, 0.5) is 0 Å². The molecule has 0 spiro atoms. The summed E-state index contributed by atoms with van der Waals surface area (Å²) < 4.78 is 0. The first-order chi connectivity index (χ1) is 33.6. The van der Waals surface area contributed by atoms with Crippen molar-refractivity contribution in [1.82, 2.24) is 19.8 Å². The van der Waals surface area contributed by atoms with Crippen LogP contribution in [-0.4, -0.2) is 104 Å². The summed E-state index contributed by atoms with van der Waals surface area (Å²) >= 11 is 8.82. The molecule has 7 aliphatic rings. The van der Waals surface area contributed by atoms with Gasteiger partial charge < -0.3 is 47.2 Å². The van der Waals surface area contributed by atoms with E-state index in [1.807, 2.05) is 13.8 Å². The molecule has 0 aromatic rings. The third-order valence-electron chi connectivity index (χ3n) is 12.5. The summed E-state index contributed by atoms with van der Waals surface area (Å²) in [6.07, 6.45) is 18.2. The van der Waals surface area contributed by atoms with E-state index >= 15 is 0 Å². The molecule has 3 saturated carbocycles. The normalized spacial score (nSPS) is 23.5. The summed E-state index contributed by atoms with van der Waals surface area (Å²) in [5.41, 5.74) is 8.50. The number of nitrogens with two attached hydrogens (primary N) is 2. The zero-order valence-corrected chi connectivity index (χ0v) is 52.9. The van der Waals surface area contributed by atoms with Crippen molar-refractivity contribution in [2.24, 2.45) is 47.0 Å². The number of hydroxylamine groups is 2. The van der Waals surface area contributed by atoms with Gasteiger partial charge in [0.1, 0.15) is 11.6 Å². The van der Waals surface area contributed by atoms with Crippen LogP contribution in [0.5, 0.6) is 0 Å². The number of imide groups is 4. The Labute approximate surface area is 530 Å². The van der Waals surface area contributed by atoms with Gasteiger partial charge in [0, 0.05) is 94.9 Å². The predicted molar refractivity (Wildman–Crippen MR) is 276 cm³/mol. The molecule has 396 valence electrons. The van der Waals surface area contributed by atoms with Crippen LogP contribution in [-0.2, 0) is 81.2 Å². The maximum Gasteiger partial charge on any atom is 1.00 e. The molecule has 18 nitrogen and oxygen atoms in total. The van der Waals surface area contributed by atoms with Crippen molar-refractivity contribution in [2.75, 3.05) is 19.6 Å². The van der Waals surface area contributed by atoms with E-state index in [9.17, 15) is 52.7 Å². The number of carbonyl (C=O) groups is 11. The van der Waals surface area contributed by atoms with Gasteiger partial charge in [-0.1, -0.05) is 13.8 Å². The van der Waals surface area contributed by atoms with E-state index in [1.54, 1.807) is 0 Å². The van der Waals surface area contributed by atoms with Crippen LogP contribution in [0, 0.1) is 70.9 Å². The Balaban J connectivity index is -0.000000915. The predicted octanol–water partition coefficient (Wildman–Crippen LogP) is 0.0227. The first kappa shape index (κ1) is 76.1. The zero-order chi connectivity index (χ0) is 52.9. The van der Waals surface area contributed by atoms with E-state index in [4.69, 9.17) is 4.84 Å². The Morgan fingerprint density at radius 2 is 0.740 bits per heavy atom. The molecule has 0 unspecified atom stereocenters. The third kappa shape index (κ3) is 25.9. The van der Waals surface area contributed by atoms with Crippen molar-refractivity contribution in [3.05, 3.63) is 71.8 Å². The number of hydrogen-bond acceptors (Lipinski definition) is 16.